The third kappa shape index (κ3) is 6.91. The number of ether oxygens (including phenoxy) is 2. The maximum absolute atomic E-state index is 13.6. The van der Waals surface area contributed by atoms with Crippen LogP contribution in [0.1, 0.15) is 55.7 Å². The molecule has 0 aromatic heterocycles. The molecule has 216 valence electrons. The van der Waals surface area contributed by atoms with Gasteiger partial charge in [0.15, 0.2) is 0 Å². The van der Waals surface area contributed by atoms with Crippen LogP contribution in [0.3, 0.4) is 0 Å². The summed E-state index contributed by atoms with van der Waals surface area (Å²) in [6.45, 7) is 3.46. The Morgan fingerprint density at radius 1 is 0.881 bits per heavy atom. The van der Waals surface area contributed by atoms with E-state index in [1.54, 1.807) is 38.1 Å². The van der Waals surface area contributed by atoms with Gasteiger partial charge in [-0.1, -0.05) is 84.4 Å². The highest BCUT2D eigenvalue weighted by molar-refractivity contribution is 6.30. The van der Waals surface area contributed by atoms with Crippen molar-refractivity contribution in [3.8, 4) is 6.07 Å². The summed E-state index contributed by atoms with van der Waals surface area (Å²) in [5.74, 6) is -2.02. The molecule has 0 spiro atoms. The van der Waals surface area contributed by atoms with Crippen LogP contribution in [-0.2, 0) is 24.7 Å². The predicted molar refractivity (Wildman–Crippen MR) is 160 cm³/mol. The molecule has 0 aliphatic carbocycles. The average Bonchev–Trinajstić information content (AvgIpc) is 2.99. The normalized spacial score (nSPS) is 15.1. The number of benzene rings is 3. The summed E-state index contributed by atoms with van der Waals surface area (Å²) in [6.07, 6.45) is 0.749. The fraction of sp³-hybridized carbons (Fsp3) is 0.265. The van der Waals surface area contributed by atoms with E-state index in [0.29, 0.717) is 34.8 Å². The molecule has 1 unspecified atom stereocenters. The summed E-state index contributed by atoms with van der Waals surface area (Å²) >= 11 is 6.30. The van der Waals surface area contributed by atoms with Crippen molar-refractivity contribution >= 4 is 23.5 Å². The van der Waals surface area contributed by atoms with Gasteiger partial charge in [-0.25, -0.2) is 9.59 Å². The Morgan fingerprint density at radius 2 is 1.43 bits per heavy atom. The largest absolute Gasteiger partial charge is 0.462 e. The average molecular weight is 585 g/mol. The van der Waals surface area contributed by atoms with E-state index < -0.39 is 23.5 Å². The molecule has 0 saturated heterocycles. The minimum absolute atomic E-state index is 0.0461. The van der Waals surface area contributed by atoms with Crippen molar-refractivity contribution in [1.29, 1.82) is 5.26 Å². The molecule has 1 aliphatic rings. The Balaban J connectivity index is 1.55. The van der Waals surface area contributed by atoms with E-state index in [1.165, 1.54) is 0 Å². The minimum Gasteiger partial charge on any atom is -0.462 e. The van der Waals surface area contributed by atoms with Crippen molar-refractivity contribution < 1.29 is 24.2 Å². The van der Waals surface area contributed by atoms with Crippen LogP contribution >= 0.6 is 11.6 Å². The Kier molecular flexibility index (Phi) is 10.2. The number of carbonyl (C=O) groups excluding carboxylic acids is 2. The minimum atomic E-state index is -1.26. The molecule has 0 radical (unpaired) electrons. The second-order valence-electron chi connectivity index (χ2n) is 10.1. The zero-order chi connectivity index (χ0) is 30.1. The van der Waals surface area contributed by atoms with Crippen LogP contribution in [0.25, 0.3) is 0 Å². The second-order valence-corrected chi connectivity index (χ2v) is 10.5. The third-order valence-electron chi connectivity index (χ3n) is 7.25. The molecular formula is C34H33ClN2O5. The standard InChI is InChI=1S/C34H33ClN2O5/c1-23-29(31(25-12-9-17-28(35)22-25)30(24(2)37-23)33(39)42-21-11-19-36)32(38)41-20-10-18-34(40,26-13-5-3-6-14-26)27-15-7-4-8-16-27/h3-9,12-17,22,31,37,40H,10-11,18,20-21H2,1-2H3. The van der Waals surface area contributed by atoms with E-state index in [9.17, 15) is 14.7 Å². The van der Waals surface area contributed by atoms with E-state index in [2.05, 4.69) is 5.32 Å². The molecule has 1 heterocycles. The van der Waals surface area contributed by atoms with Crippen LogP contribution in [0.2, 0.25) is 5.02 Å². The van der Waals surface area contributed by atoms with E-state index in [0.717, 1.165) is 11.1 Å². The SMILES string of the molecule is CC1=C(C(=O)OCCC#N)C(c2cccc(Cl)c2)C(C(=O)OCCCC(O)(c2ccccc2)c2ccccc2)=C(C)N1. The van der Waals surface area contributed by atoms with E-state index in [-0.39, 0.29) is 30.8 Å². The fourth-order valence-corrected chi connectivity index (χ4v) is 5.47. The molecule has 3 aromatic carbocycles. The number of halogens is 1. The zero-order valence-corrected chi connectivity index (χ0v) is 24.4. The van der Waals surface area contributed by atoms with Gasteiger partial charge in [0.2, 0.25) is 0 Å². The molecule has 0 saturated carbocycles. The van der Waals surface area contributed by atoms with Gasteiger partial charge in [-0.15, -0.1) is 0 Å². The van der Waals surface area contributed by atoms with Gasteiger partial charge in [-0.3, -0.25) is 0 Å². The molecule has 1 aliphatic heterocycles. The van der Waals surface area contributed by atoms with Crippen molar-refractivity contribution in [2.75, 3.05) is 13.2 Å². The Morgan fingerprint density at radius 3 is 1.95 bits per heavy atom. The van der Waals surface area contributed by atoms with Gasteiger partial charge in [0.25, 0.3) is 0 Å². The van der Waals surface area contributed by atoms with Crippen molar-refractivity contribution in [2.24, 2.45) is 0 Å². The quantitative estimate of drug-likeness (QED) is 0.201. The van der Waals surface area contributed by atoms with Crippen molar-refractivity contribution in [2.45, 2.75) is 44.6 Å². The molecule has 0 fully saturated rings. The van der Waals surface area contributed by atoms with E-state index >= 15 is 0 Å². The van der Waals surface area contributed by atoms with E-state index in [1.807, 2.05) is 66.7 Å². The van der Waals surface area contributed by atoms with Gasteiger partial charge in [0.05, 0.1) is 36.2 Å². The Hall–Kier alpha value is -4.38. The van der Waals surface area contributed by atoms with Crippen LogP contribution in [0.15, 0.2) is 107 Å². The predicted octanol–water partition coefficient (Wildman–Crippen LogP) is 6.29. The number of hydrogen-bond acceptors (Lipinski definition) is 7. The van der Waals surface area contributed by atoms with Gasteiger partial charge < -0.3 is 19.9 Å². The smallest absolute Gasteiger partial charge is 0.336 e. The first kappa shape index (κ1) is 30.6. The number of allylic oxidation sites excluding steroid dienone is 2. The lowest BCUT2D eigenvalue weighted by Gasteiger charge is -2.31. The molecule has 1 atom stereocenters. The molecule has 2 N–H and O–H groups in total. The monoisotopic (exact) mass is 584 g/mol. The van der Waals surface area contributed by atoms with Crippen molar-refractivity contribution in [3.05, 3.63) is 129 Å². The van der Waals surface area contributed by atoms with Crippen molar-refractivity contribution in [1.82, 2.24) is 5.32 Å². The third-order valence-corrected chi connectivity index (χ3v) is 7.48. The number of esters is 2. The summed E-state index contributed by atoms with van der Waals surface area (Å²) in [7, 11) is 0. The number of rotatable bonds is 11. The number of aliphatic hydroxyl groups is 1. The topological polar surface area (TPSA) is 109 Å². The molecule has 3 aromatic rings. The van der Waals surface area contributed by atoms with Crippen LogP contribution in [0.5, 0.6) is 0 Å². The lowest BCUT2D eigenvalue weighted by atomic mass is 9.80. The number of carbonyl (C=O) groups is 2. The molecule has 0 bridgehead atoms. The zero-order valence-electron chi connectivity index (χ0n) is 23.6. The van der Waals surface area contributed by atoms with Gasteiger partial charge in [0, 0.05) is 16.4 Å². The lowest BCUT2D eigenvalue weighted by molar-refractivity contribution is -0.140. The van der Waals surface area contributed by atoms with Crippen LogP contribution in [-0.4, -0.2) is 30.3 Å². The molecule has 0 amide bonds. The van der Waals surface area contributed by atoms with Crippen LogP contribution < -0.4 is 5.32 Å². The number of nitriles is 1. The van der Waals surface area contributed by atoms with E-state index in [4.69, 9.17) is 26.3 Å². The second kappa shape index (κ2) is 14.0. The first-order chi connectivity index (χ1) is 20.3. The lowest BCUT2D eigenvalue weighted by Crippen LogP contribution is -2.33. The Labute approximate surface area is 251 Å². The highest BCUT2D eigenvalue weighted by Gasteiger charge is 2.38. The maximum Gasteiger partial charge on any atom is 0.336 e. The van der Waals surface area contributed by atoms with Crippen LogP contribution in [0.4, 0.5) is 0 Å². The summed E-state index contributed by atoms with van der Waals surface area (Å²) in [6, 6.07) is 27.7. The molecular weight excluding hydrogens is 552 g/mol. The highest BCUT2D eigenvalue weighted by atomic mass is 35.5. The molecule has 8 heteroatoms. The molecule has 4 rings (SSSR count). The number of nitrogens with one attached hydrogen (secondary N) is 1. The number of dihydropyridines is 1. The van der Waals surface area contributed by atoms with Crippen LogP contribution in [0, 0.1) is 11.3 Å². The highest BCUT2D eigenvalue weighted by Crippen LogP contribution is 2.40. The first-order valence-corrected chi connectivity index (χ1v) is 14.1. The van der Waals surface area contributed by atoms with Gasteiger partial charge >= 0.3 is 11.9 Å². The number of nitrogens with zero attached hydrogens (tertiary/aromatic N) is 1. The summed E-state index contributed by atoms with van der Waals surface area (Å²) in [4.78, 5) is 26.8. The van der Waals surface area contributed by atoms with Gasteiger partial charge in [-0.2, -0.15) is 5.26 Å². The van der Waals surface area contributed by atoms with Gasteiger partial charge in [-0.05, 0) is 55.5 Å². The summed E-state index contributed by atoms with van der Waals surface area (Å²) in [5, 5.41) is 24.2. The molecule has 42 heavy (non-hydrogen) atoms. The summed E-state index contributed by atoms with van der Waals surface area (Å²) in [5.41, 5.74) is 2.45. The maximum atomic E-state index is 13.6. The molecule has 7 nitrogen and oxygen atoms in total. The first-order valence-electron chi connectivity index (χ1n) is 13.7. The van der Waals surface area contributed by atoms with Crippen molar-refractivity contribution in [3.63, 3.8) is 0 Å². The number of hydrogen-bond donors (Lipinski definition) is 2. The fourth-order valence-electron chi connectivity index (χ4n) is 5.28. The van der Waals surface area contributed by atoms with Gasteiger partial charge in [0.1, 0.15) is 12.2 Å². The Bertz CT molecular complexity index is 1490. The summed E-state index contributed by atoms with van der Waals surface area (Å²) < 4.78 is 11.1.